The van der Waals surface area contributed by atoms with Gasteiger partial charge in [0.15, 0.2) is 5.82 Å². The Balaban J connectivity index is 1.14. The van der Waals surface area contributed by atoms with Crippen LogP contribution < -0.4 is 0 Å². The first-order valence-electron chi connectivity index (χ1n) is 17.1. The van der Waals surface area contributed by atoms with Crippen molar-refractivity contribution in [2.75, 3.05) is 0 Å². The summed E-state index contributed by atoms with van der Waals surface area (Å²) in [6.07, 6.45) is 10.4. The molecule has 3 nitrogen and oxygen atoms in total. The molecule has 0 saturated carbocycles. The van der Waals surface area contributed by atoms with Crippen LogP contribution in [-0.2, 0) is 6.42 Å². The van der Waals surface area contributed by atoms with Crippen molar-refractivity contribution in [3.63, 3.8) is 0 Å². The van der Waals surface area contributed by atoms with Crippen LogP contribution in [0.3, 0.4) is 0 Å². The molecule has 2 heterocycles. The van der Waals surface area contributed by atoms with Crippen molar-refractivity contribution in [1.82, 2.24) is 15.0 Å². The Morgan fingerprint density at radius 3 is 1.86 bits per heavy atom. The number of benzene rings is 6. The van der Waals surface area contributed by atoms with E-state index in [0.717, 1.165) is 57.6 Å². The van der Waals surface area contributed by atoms with Crippen molar-refractivity contribution in [1.29, 1.82) is 0 Å². The average Bonchev–Trinajstić information content (AvgIpc) is 3.21. The molecular formula is C47H33N3. The number of hydrogen-bond donors (Lipinski definition) is 0. The number of nitrogens with zero attached hydrogens (tertiary/aromatic N) is 3. The van der Waals surface area contributed by atoms with Gasteiger partial charge in [0.2, 0.25) is 0 Å². The van der Waals surface area contributed by atoms with Crippen molar-refractivity contribution >= 4 is 16.8 Å². The molecule has 0 unspecified atom stereocenters. The van der Waals surface area contributed by atoms with Crippen LogP contribution >= 0.6 is 0 Å². The van der Waals surface area contributed by atoms with Crippen LogP contribution in [0, 0.1) is 0 Å². The topological polar surface area (TPSA) is 38.7 Å². The SMILES string of the molecule is C1=Cc2c(c(-c3ccc(-c4cc(-c5ccc(-c6cccnc6)cc5)nc(-c5cccc(-c6ccccc6)c5)n4)cc3)cc3ccccc23)CC1. The molecule has 0 aliphatic heterocycles. The number of hydrogen-bond acceptors (Lipinski definition) is 3. The molecule has 8 aromatic rings. The van der Waals surface area contributed by atoms with Gasteiger partial charge in [0.25, 0.3) is 0 Å². The second-order valence-corrected chi connectivity index (χ2v) is 12.8. The number of aromatic nitrogens is 3. The van der Waals surface area contributed by atoms with Crippen molar-refractivity contribution in [2.45, 2.75) is 12.8 Å². The van der Waals surface area contributed by atoms with E-state index in [-0.39, 0.29) is 0 Å². The third-order valence-corrected chi connectivity index (χ3v) is 9.67. The standard InChI is InChI=1S/C47H33N3/c1-2-10-32(11-3-1)37-13-8-14-39(28-37)47-49-45(35-23-19-33(20-24-35)40-15-9-27-48-31-40)30-46(50-47)36-25-21-34(22-26-36)44-29-38-12-4-5-16-41(38)42-17-6-7-18-43(42)44/h1-6,8-17,19-31H,7,18H2. The highest BCUT2D eigenvalue weighted by atomic mass is 14.9. The van der Waals surface area contributed by atoms with Crippen molar-refractivity contribution < 1.29 is 0 Å². The summed E-state index contributed by atoms with van der Waals surface area (Å²) in [5, 5.41) is 2.60. The molecule has 0 radical (unpaired) electrons. The molecule has 1 aliphatic rings. The summed E-state index contributed by atoms with van der Waals surface area (Å²) in [6.45, 7) is 0. The zero-order valence-corrected chi connectivity index (χ0v) is 27.5. The molecule has 3 heteroatoms. The van der Waals surface area contributed by atoms with Crippen LogP contribution in [0.2, 0.25) is 0 Å². The van der Waals surface area contributed by atoms with Crippen LogP contribution in [0.15, 0.2) is 170 Å². The summed E-state index contributed by atoms with van der Waals surface area (Å²) in [6, 6.07) is 53.7. The Hall–Kier alpha value is -6.45. The predicted octanol–water partition coefficient (Wildman–Crippen LogP) is 12.0. The lowest BCUT2D eigenvalue weighted by molar-refractivity contribution is 0.992. The van der Waals surface area contributed by atoms with Crippen LogP contribution in [0.4, 0.5) is 0 Å². The molecular weight excluding hydrogens is 607 g/mol. The minimum atomic E-state index is 0.700. The zero-order valence-electron chi connectivity index (χ0n) is 27.5. The number of pyridine rings is 1. The first kappa shape index (κ1) is 29.7. The van der Waals surface area contributed by atoms with E-state index in [1.807, 2.05) is 18.3 Å². The van der Waals surface area contributed by atoms with Crippen LogP contribution in [0.25, 0.3) is 84.1 Å². The summed E-state index contributed by atoms with van der Waals surface area (Å²) in [5.41, 5.74) is 14.7. The second-order valence-electron chi connectivity index (χ2n) is 12.8. The summed E-state index contributed by atoms with van der Waals surface area (Å²) in [7, 11) is 0. The van der Waals surface area contributed by atoms with Gasteiger partial charge in [0.05, 0.1) is 11.4 Å². The molecule has 9 rings (SSSR count). The maximum Gasteiger partial charge on any atom is 0.160 e. The van der Waals surface area contributed by atoms with E-state index in [2.05, 4.69) is 157 Å². The summed E-state index contributed by atoms with van der Waals surface area (Å²) in [5.74, 6) is 0.700. The van der Waals surface area contributed by atoms with Gasteiger partial charge in [-0.3, -0.25) is 4.98 Å². The van der Waals surface area contributed by atoms with Crippen LogP contribution in [0.5, 0.6) is 0 Å². The highest BCUT2D eigenvalue weighted by Gasteiger charge is 2.16. The molecule has 0 spiro atoms. The van der Waals surface area contributed by atoms with Crippen molar-refractivity contribution in [3.05, 3.63) is 181 Å². The molecule has 6 aromatic carbocycles. The maximum atomic E-state index is 5.18. The number of fused-ring (bicyclic) bond motifs is 3. The normalized spacial score (nSPS) is 12.2. The fourth-order valence-corrected chi connectivity index (χ4v) is 7.09. The lowest BCUT2D eigenvalue weighted by Gasteiger charge is -2.19. The first-order valence-corrected chi connectivity index (χ1v) is 17.1. The van der Waals surface area contributed by atoms with E-state index in [0.29, 0.717) is 5.82 Å². The summed E-state index contributed by atoms with van der Waals surface area (Å²) in [4.78, 5) is 14.6. The third kappa shape index (κ3) is 5.69. The summed E-state index contributed by atoms with van der Waals surface area (Å²) < 4.78 is 0. The van der Waals surface area contributed by atoms with Crippen molar-refractivity contribution in [2.24, 2.45) is 0 Å². The molecule has 0 N–H and O–H groups in total. The average molecular weight is 640 g/mol. The zero-order chi connectivity index (χ0) is 33.3. The van der Waals surface area contributed by atoms with E-state index in [9.17, 15) is 0 Å². The third-order valence-electron chi connectivity index (χ3n) is 9.67. The van der Waals surface area contributed by atoms with Gasteiger partial charge in [-0.15, -0.1) is 0 Å². The smallest absolute Gasteiger partial charge is 0.160 e. The molecule has 0 atom stereocenters. The van der Waals surface area contributed by atoms with E-state index >= 15 is 0 Å². The molecule has 0 amide bonds. The molecule has 2 aromatic heterocycles. The van der Waals surface area contributed by atoms with E-state index in [1.165, 1.54) is 38.6 Å². The first-order chi connectivity index (χ1) is 24.8. The Kier molecular flexibility index (Phi) is 7.64. The lowest BCUT2D eigenvalue weighted by atomic mass is 9.85. The second kappa shape index (κ2) is 12.9. The van der Waals surface area contributed by atoms with Crippen molar-refractivity contribution in [3.8, 4) is 67.3 Å². The van der Waals surface area contributed by atoms with Gasteiger partial charge in [-0.1, -0.05) is 140 Å². The Labute approximate surface area is 292 Å². The largest absolute Gasteiger partial charge is 0.264 e. The highest BCUT2D eigenvalue weighted by molar-refractivity contribution is 5.97. The lowest BCUT2D eigenvalue weighted by Crippen LogP contribution is -1.99. The Morgan fingerprint density at radius 1 is 0.460 bits per heavy atom. The minimum Gasteiger partial charge on any atom is -0.264 e. The minimum absolute atomic E-state index is 0.700. The molecule has 50 heavy (non-hydrogen) atoms. The predicted molar refractivity (Wildman–Crippen MR) is 207 cm³/mol. The van der Waals surface area contributed by atoms with Gasteiger partial charge < -0.3 is 0 Å². The molecule has 0 bridgehead atoms. The van der Waals surface area contributed by atoms with E-state index in [1.54, 1.807) is 6.20 Å². The molecule has 0 fully saturated rings. The van der Waals surface area contributed by atoms with Gasteiger partial charge in [-0.2, -0.15) is 0 Å². The monoisotopic (exact) mass is 639 g/mol. The fourth-order valence-electron chi connectivity index (χ4n) is 7.09. The Bertz CT molecular complexity index is 2500. The Morgan fingerprint density at radius 2 is 1.10 bits per heavy atom. The number of allylic oxidation sites excluding steroid dienone is 1. The molecule has 1 aliphatic carbocycles. The van der Waals surface area contributed by atoms with E-state index in [4.69, 9.17) is 9.97 Å². The van der Waals surface area contributed by atoms with Gasteiger partial charge >= 0.3 is 0 Å². The van der Waals surface area contributed by atoms with Gasteiger partial charge in [-0.25, -0.2) is 9.97 Å². The van der Waals surface area contributed by atoms with Gasteiger partial charge in [0.1, 0.15) is 0 Å². The maximum absolute atomic E-state index is 5.18. The summed E-state index contributed by atoms with van der Waals surface area (Å²) >= 11 is 0. The molecule has 236 valence electrons. The van der Waals surface area contributed by atoms with Gasteiger partial charge in [-0.05, 0) is 92.4 Å². The highest BCUT2D eigenvalue weighted by Crippen LogP contribution is 2.38. The van der Waals surface area contributed by atoms with Crippen LogP contribution in [-0.4, -0.2) is 15.0 Å². The number of rotatable bonds is 6. The van der Waals surface area contributed by atoms with Crippen LogP contribution in [0.1, 0.15) is 17.5 Å². The van der Waals surface area contributed by atoms with E-state index < -0.39 is 0 Å². The molecule has 0 saturated heterocycles. The quantitative estimate of drug-likeness (QED) is 0.182. The fraction of sp³-hybridized carbons (Fsp3) is 0.0426. The van der Waals surface area contributed by atoms with Gasteiger partial charge in [0, 0.05) is 29.1 Å².